The number of thioether (sulfide) groups is 1. The maximum Gasteiger partial charge on any atom is 1.00 e. The van der Waals surface area contributed by atoms with Crippen LogP contribution in [0.5, 0.6) is 0 Å². The summed E-state index contributed by atoms with van der Waals surface area (Å²) in [6.45, 7) is 10.4. The number of aromatic amines is 1. The van der Waals surface area contributed by atoms with Crippen molar-refractivity contribution in [3.63, 3.8) is 0 Å². The first kappa shape index (κ1) is 29.8. The summed E-state index contributed by atoms with van der Waals surface area (Å²) < 4.78 is 43.5. The third kappa shape index (κ3) is 9.56. The van der Waals surface area contributed by atoms with E-state index in [1.54, 1.807) is 6.20 Å². The van der Waals surface area contributed by atoms with Crippen LogP contribution in [0.3, 0.4) is 0 Å². The van der Waals surface area contributed by atoms with Crippen LogP contribution in [0.4, 0.5) is 5.82 Å². The predicted octanol–water partition coefficient (Wildman–Crippen LogP) is 0.955. The number of carbonyl (C=O) groups is 1. The molecule has 1 aliphatic rings. The molecule has 1 heterocycles. The minimum Gasteiger partial charge on any atom is -0.748 e. The Bertz CT molecular complexity index is 820. The van der Waals surface area contributed by atoms with Crippen LogP contribution in [0, 0.1) is 24.7 Å². The van der Waals surface area contributed by atoms with Crippen LogP contribution in [0.25, 0.3) is 0 Å². The number of hydrogen-bond acceptors (Lipinski definition) is 8. The molecule has 3 atom stereocenters. The Morgan fingerprint density at radius 1 is 1.31 bits per heavy atom. The Balaban J connectivity index is 0.00000512. The van der Waals surface area contributed by atoms with Crippen LogP contribution in [0.15, 0.2) is 6.20 Å². The first-order valence-corrected chi connectivity index (χ1v) is 13.4. The fraction of sp³-hybridized carbons (Fsp3) is 0.762. The molecule has 1 fully saturated rings. The first-order valence-electron chi connectivity index (χ1n) is 10.8. The smallest absolute Gasteiger partial charge is 0.748 e. The zero-order chi connectivity index (χ0) is 23.2. The Hall–Kier alpha value is -0.230. The molecular formula is C21H35N2NaO6S2. The second-order valence-corrected chi connectivity index (χ2v) is 11.6. The van der Waals surface area contributed by atoms with Gasteiger partial charge in [-0.05, 0) is 62.2 Å². The second kappa shape index (κ2) is 13.6. The standard InChI is InChI=1S/C21H36N2O6S2.Na/c1-13-9-14(2)19(15(3)10-13)29-21(24)18-16(4)11-22-20(18)23-12-28-17(5)30-7-6-8-31(25,26)27;/h11,13-15,17,19,22-23H,6-10,12H2,1-5H3,(H,25,26,27);/q;+1/p-1. The molecule has 0 amide bonds. The van der Waals surface area contributed by atoms with Crippen LogP contribution >= 0.6 is 11.8 Å². The van der Waals surface area contributed by atoms with Gasteiger partial charge >= 0.3 is 35.5 Å². The van der Waals surface area contributed by atoms with E-state index < -0.39 is 10.1 Å². The zero-order valence-electron chi connectivity index (χ0n) is 20.0. The summed E-state index contributed by atoms with van der Waals surface area (Å²) in [4.78, 5) is 16.0. The molecular weight excluding hydrogens is 463 g/mol. The predicted molar refractivity (Wildman–Crippen MR) is 122 cm³/mol. The molecule has 8 nitrogen and oxygen atoms in total. The maximum absolute atomic E-state index is 12.9. The van der Waals surface area contributed by atoms with Crippen molar-refractivity contribution in [2.75, 3.05) is 23.6 Å². The molecule has 0 bridgehead atoms. The van der Waals surface area contributed by atoms with Gasteiger partial charge in [0.05, 0.1) is 10.1 Å². The van der Waals surface area contributed by atoms with Crippen LogP contribution in [0.2, 0.25) is 0 Å². The molecule has 0 aliphatic heterocycles. The number of nitrogens with one attached hydrogen (secondary N) is 2. The van der Waals surface area contributed by atoms with E-state index in [9.17, 15) is 17.8 Å². The van der Waals surface area contributed by atoms with Crippen LogP contribution < -0.4 is 34.9 Å². The summed E-state index contributed by atoms with van der Waals surface area (Å²) in [7, 11) is -4.17. The van der Waals surface area contributed by atoms with E-state index >= 15 is 0 Å². The Kier molecular flexibility index (Phi) is 12.7. The Morgan fingerprint density at radius 3 is 2.53 bits per heavy atom. The number of carbonyl (C=O) groups excluding carboxylic acids is 1. The average Bonchev–Trinajstić information content (AvgIpc) is 3.01. The van der Waals surface area contributed by atoms with Crippen molar-refractivity contribution in [2.24, 2.45) is 17.8 Å². The van der Waals surface area contributed by atoms with Gasteiger partial charge in [-0.1, -0.05) is 20.8 Å². The summed E-state index contributed by atoms with van der Waals surface area (Å²) in [5, 5.41) is 3.09. The summed E-state index contributed by atoms with van der Waals surface area (Å²) in [5.41, 5.74) is 1.10. The molecule has 1 aromatic heterocycles. The fourth-order valence-corrected chi connectivity index (χ4v) is 5.79. The van der Waals surface area contributed by atoms with Crippen molar-refractivity contribution in [1.82, 2.24) is 4.98 Å². The van der Waals surface area contributed by atoms with Crippen molar-refractivity contribution >= 4 is 33.7 Å². The van der Waals surface area contributed by atoms with E-state index in [1.807, 2.05) is 13.8 Å². The molecule has 0 radical (unpaired) electrons. The quantitative estimate of drug-likeness (QED) is 0.152. The van der Waals surface area contributed by atoms with Gasteiger partial charge in [-0.15, -0.1) is 11.8 Å². The number of anilines is 1. The topological polar surface area (TPSA) is 121 Å². The molecule has 1 aromatic rings. The summed E-state index contributed by atoms with van der Waals surface area (Å²) >= 11 is 1.42. The number of ether oxygens (including phenoxy) is 2. The Morgan fingerprint density at radius 2 is 1.94 bits per heavy atom. The molecule has 0 aromatic carbocycles. The van der Waals surface area contributed by atoms with E-state index in [2.05, 4.69) is 31.1 Å². The SMILES string of the molecule is Cc1c[nH]c(NCOC(C)SCCCS(=O)(=O)[O-])c1C(=O)OC1C(C)CC(C)CC1C.[Na+]. The second-order valence-electron chi connectivity index (χ2n) is 8.66. The normalized spacial score (nSPS) is 24.4. The number of esters is 1. The minimum absolute atomic E-state index is 0. The van der Waals surface area contributed by atoms with Gasteiger partial charge in [-0.25, -0.2) is 13.2 Å². The van der Waals surface area contributed by atoms with E-state index in [0.717, 1.165) is 18.4 Å². The van der Waals surface area contributed by atoms with Crippen LogP contribution in [0.1, 0.15) is 62.9 Å². The van der Waals surface area contributed by atoms with Gasteiger partial charge in [0.25, 0.3) is 0 Å². The number of aromatic nitrogens is 1. The number of H-pyrrole nitrogens is 1. The summed E-state index contributed by atoms with van der Waals surface area (Å²) in [6.07, 6.45) is 4.08. The molecule has 1 aliphatic carbocycles. The minimum atomic E-state index is -4.17. The van der Waals surface area contributed by atoms with Crippen molar-refractivity contribution < 1.29 is 56.8 Å². The first-order chi connectivity index (χ1) is 14.5. The molecule has 178 valence electrons. The number of rotatable bonds is 11. The molecule has 11 heteroatoms. The molecule has 3 unspecified atom stereocenters. The van der Waals surface area contributed by atoms with Gasteiger partial charge < -0.3 is 24.3 Å². The average molecular weight is 499 g/mol. The third-order valence-corrected chi connectivity index (χ3v) is 7.57. The Labute approximate surface area is 218 Å². The van der Waals surface area contributed by atoms with Crippen molar-refractivity contribution in [3.8, 4) is 0 Å². The number of hydrogen-bond donors (Lipinski definition) is 2. The van der Waals surface area contributed by atoms with Gasteiger partial charge in [0.15, 0.2) is 0 Å². The van der Waals surface area contributed by atoms with Crippen LogP contribution in [-0.2, 0) is 19.6 Å². The molecule has 2 N–H and O–H groups in total. The number of aryl methyl sites for hydroxylation is 1. The monoisotopic (exact) mass is 498 g/mol. The van der Waals surface area contributed by atoms with Gasteiger partial charge in [-0.3, -0.25) is 0 Å². The van der Waals surface area contributed by atoms with Gasteiger partial charge in [-0.2, -0.15) is 0 Å². The van der Waals surface area contributed by atoms with E-state index in [-0.39, 0.29) is 59.6 Å². The van der Waals surface area contributed by atoms with Crippen LogP contribution in [-0.4, -0.2) is 53.7 Å². The van der Waals surface area contributed by atoms with E-state index in [4.69, 9.17) is 9.47 Å². The zero-order valence-corrected chi connectivity index (χ0v) is 23.6. The van der Waals surface area contributed by atoms with E-state index in [1.165, 1.54) is 11.8 Å². The molecule has 0 saturated heterocycles. The summed E-state index contributed by atoms with van der Waals surface area (Å²) in [5.74, 6) is 1.68. The largest absolute Gasteiger partial charge is 1.00 e. The molecule has 1 saturated carbocycles. The van der Waals surface area contributed by atoms with Gasteiger partial charge in [0.1, 0.15) is 29.7 Å². The molecule has 2 rings (SSSR count). The molecule has 0 spiro atoms. The third-order valence-electron chi connectivity index (χ3n) is 5.65. The van der Waals surface area contributed by atoms with Gasteiger partial charge in [0.2, 0.25) is 0 Å². The summed E-state index contributed by atoms with van der Waals surface area (Å²) in [6, 6.07) is 0. The maximum atomic E-state index is 12.9. The van der Waals surface area contributed by atoms with Gasteiger partial charge in [0, 0.05) is 11.9 Å². The fourth-order valence-electron chi connectivity index (χ4n) is 4.30. The van der Waals surface area contributed by atoms with Crippen molar-refractivity contribution in [1.29, 1.82) is 0 Å². The van der Waals surface area contributed by atoms with Crippen molar-refractivity contribution in [2.45, 2.75) is 65.4 Å². The molecule has 32 heavy (non-hydrogen) atoms. The van der Waals surface area contributed by atoms with Crippen molar-refractivity contribution in [3.05, 3.63) is 17.3 Å². The van der Waals surface area contributed by atoms with E-state index in [0.29, 0.717) is 41.3 Å².